The van der Waals surface area contributed by atoms with Gasteiger partial charge in [0.2, 0.25) is 5.91 Å². The molecule has 2 aromatic heterocycles. The molecule has 0 aromatic carbocycles. The molecule has 7 nitrogen and oxygen atoms in total. The summed E-state index contributed by atoms with van der Waals surface area (Å²) in [5.41, 5.74) is -0.393. The standard InChI is InChI=1S/C20H29N5O2S2/c1-20(2,3)22-18(27)21-17(26)13-29-19-24-23-16(12-15-10-7-11-28-15)25(19)14-8-5-4-6-9-14/h7,10-11,14H,4-6,8-9,12-13H2,1-3H3,(H2,21,22,26,27). The number of thiophene rings is 1. The van der Waals surface area contributed by atoms with E-state index in [1.54, 1.807) is 11.3 Å². The van der Waals surface area contributed by atoms with Crippen LogP contribution >= 0.6 is 23.1 Å². The number of carbonyl (C=O) groups excluding carboxylic acids is 2. The van der Waals surface area contributed by atoms with Gasteiger partial charge in [-0.1, -0.05) is 37.1 Å². The van der Waals surface area contributed by atoms with Gasteiger partial charge in [-0.25, -0.2) is 4.79 Å². The second-order valence-corrected chi connectivity index (χ2v) is 10.3. The molecule has 2 aromatic rings. The van der Waals surface area contributed by atoms with Crippen molar-refractivity contribution in [3.05, 3.63) is 28.2 Å². The van der Waals surface area contributed by atoms with Gasteiger partial charge >= 0.3 is 6.03 Å². The van der Waals surface area contributed by atoms with E-state index in [9.17, 15) is 9.59 Å². The van der Waals surface area contributed by atoms with Crippen LogP contribution in [0.5, 0.6) is 0 Å². The molecule has 9 heteroatoms. The molecule has 0 spiro atoms. The van der Waals surface area contributed by atoms with Gasteiger partial charge in [-0.3, -0.25) is 10.1 Å². The van der Waals surface area contributed by atoms with Crippen LogP contribution in [0.1, 0.15) is 69.6 Å². The molecule has 1 aliphatic carbocycles. The number of carbonyl (C=O) groups is 2. The molecule has 2 heterocycles. The van der Waals surface area contributed by atoms with Crippen LogP contribution in [-0.2, 0) is 11.2 Å². The number of thioether (sulfide) groups is 1. The number of aromatic nitrogens is 3. The van der Waals surface area contributed by atoms with Crippen molar-refractivity contribution in [1.82, 2.24) is 25.4 Å². The normalized spacial score (nSPS) is 15.3. The van der Waals surface area contributed by atoms with Crippen LogP contribution in [0, 0.1) is 0 Å². The molecule has 0 saturated heterocycles. The number of hydrogen-bond acceptors (Lipinski definition) is 6. The minimum Gasteiger partial charge on any atom is -0.333 e. The van der Waals surface area contributed by atoms with Gasteiger partial charge in [-0.15, -0.1) is 21.5 Å². The van der Waals surface area contributed by atoms with E-state index < -0.39 is 11.6 Å². The van der Waals surface area contributed by atoms with E-state index in [0.29, 0.717) is 6.04 Å². The molecule has 29 heavy (non-hydrogen) atoms. The van der Waals surface area contributed by atoms with Crippen LogP contribution in [0.3, 0.4) is 0 Å². The molecule has 1 saturated carbocycles. The Hall–Kier alpha value is -1.87. The minimum atomic E-state index is -0.477. The number of urea groups is 1. The minimum absolute atomic E-state index is 0.126. The monoisotopic (exact) mass is 435 g/mol. The molecule has 1 aliphatic rings. The van der Waals surface area contributed by atoms with Crippen molar-refractivity contribution in [2.75, 3.05) is 5.75 Å². The lowest BCUT2D eigenvalue weighted by molar-refractivity contribution is -0.117. The highest BCUT2D eigenvalue weighted by Gasteiger charge is 2.24. The first-order valence-electron chi connectivity index (χ1n) is 10.0. The van der Waals surface area contributed by atoms with Gasteiger partial charge in [0, 0.05) is 22.9 Å². The molecule has 0 atom stereocenters. The largest absolute Gasteiger partial charge is 0.333 e. The highest BCUT2D eigenvalue weighted by atomic mass is 32.2. The van der Waals surface area contributed by atoms with E-state index in [1.165, 1.54) is 35.9 Å². The average molecular weight is 436 g/mol. The summed E-state index contributed by atoms with van der Waals surface area (Å²) in [4.78, 5) is 25.4. The van der Waals surface area contributed by atoms with Crippen LogP contribution in [0.15, 0.2) is 22.7 Å². The summed E-state index contributed by atoms with van der Waals surface area (Å²) in [5.74, 6) is 0.740. The Morgan fingerprint density at radius 3 is 2.66 bits per heavy atom. The molecule has 0 aliphatic heterocycles. The number of rotatable bonds is 6. The molecule has 0 radical (unpaired) electrons. The first-order valence-corrected chi connectivity index (χ1v) is 11.9. The van der Waals surface area contributed by atoms with Crippen LogP contribution in [0.4, 0.5) is 4.79 Å². The topological polar surface area (TPSA) is 88.9 Å². The summed E-state index contributed by atoms with van der Waals surface area (Å²) in [6.07, 6.45) is 6.67. The zero-order valence-electron chi connectivity index (χ0n) is 17.2. The van der Waals surface area contributed by atoms with Crippen LogP contribution in [-0.4, -0.2) is 38.0 Å². The number of nitrogens with one attached hydrogen (secondary N) is 2. The second kappa shape index (κ2) is 9.75. The summed E-state index contributed by atoms with van der Waals surface area (Å²) >= 11 is 3.06. The van der Waals surface area contributed by atoms with Crippen LogP contribution in [0.25, 0.3) is 0 Å². The molecule has 2 N–H and O–H groups in total. The van der Waals surface area contributed by atoms with E-state index in [1.807, 2.05) is 26.8 Å². The summed E-state index contributed by atoms with van der Waals surface area (Å²) in [6, 6.07) is 4.06. The van der Waals surface area contributed by atoms with Crippen molar-refractivity contribution >= 4 is 35.0 Å². The Labute approximate surface area is 180 Å². The SMILES string of the molecule is CC(C)(C)NC(=O)NC(=O)CSc1nnc(Cc2cccs2)n1C1CCCCC1. The summed E-state index contributed by atoms with van der Waals surface area (Å²) in [7, 11) is 0. The van der Waals surface area contributed by atoms with E-state index in [0.717, 1.165) is 30.2 Å². The molecular weight excluding hydrogens is 406 g/mol. The predicted molar refractivity (Wildman–Crippen MR) is 116 cm³/mol. The number of amides is 3. The fourth-order valence-corrected chi connectivity index (χ4v) is 4.99. The average Bonchev–Trinajstić information content (AvgIpc) is 3.29. The van der Waals surface area contributed by atoms with Crippen molar-refractivity contribution in [2.24, 2.45) is 0 Å². The van der Waals surface area contributed by atoms with Gasteiger partial charge < -0.3 is 9.88 Å². The molecule has 3 rings (SSSR count). The van der Waals surface area contributed by atoms with Crippen molar-refractivity contribution in [1.29, 1.82) is 0 Å². The lowest BCUT2D eigenvalue weighted by atomic mass is 9.95. The molecule has 0 unspecified atom stereocenters. The summed E-state index contributed by atoms with van der Waals surface area (Å²) in [5, 5.41) is 16.8. The van der Waals surface area contributed by atoms with Gasteiger partial charge in [-0.2, -0.15) is 0 Å². The van der Waals surface area contributed by atoms with E-state index in [2.05, 4.69) is 36.8 Å². The van der Waals surface area contributed by atoms with E-state index in [4.69, 9.17) is 0 Å². The van der Waals surface area contributed by atoms with Crippen LogP contribution < -0.4 is 10.6 Å². The first kappa shape index (κ1) is 21.8. The Balaban J connectivity index is 1.67. The van der Waals surface area contributed by atoms with Gasteiger partial charge in [0.05, 0.1) is 5.75 Å². The van der Waals surface area contributed by atoms with Crippen LogP contribution in [0.2, 0.25) is 0 Å². The van der Waals surface area contributed by atoms with Gasteiger partial charge in [-0.05, 0) is 45.1 Å². The Bertz CT molecular complexity index is 821. The fourth-order valence-electron chi connectivity index (χ4n) is 3.47. The third-order valence-corrected chi connectivity index (χ3v) is 6.48. The maximum Gasteiger partial charge on any atom is 0.321 e. The van der Waals surface area contributed by atoms with Crippen molar-refractivity contribution in [2.45, 2.75) is 76.0 Å². The Morgan fingerprint density at radius 2 is 2.00 bits per heavy atom. The molecule has 3 amide bonds. The third kappa shape index (κ3) is 6.57. The van der Waals surface area contributed by atoms with Gasteiger partial charge in [0.15, 0.2) is 5.16 Å². The smallest absolute Gasteiger partial charge is 0.321 e. The maximum absolute atomic E-state index is 12.2. The highest BCUT2D eigenvalue weighted by Crippen LogP contribution is 2.33. The molecular formula is C20H29N5O2S2. The maximum atomic E-state index is 12.2. The lowest BCUT2D eigenvalue weighted by Crippen LogP contribution is -2.48. The van der Waals surface area contributed by atoms with Gasteiger partial charge in [0.1, 0.15) is 5.82 Å². The molecule has 1 fully saturated rings. The highest BCUT2D eigenvalue weighted by molar-refractivity contribution is 7.99. The summed E-state index contributed by atoms with van der Waals surface area (Å²) in [6.45, 7) is 5.61. The number of imide groups is 1. The first-order chi connectivity index (χ1) is 13.8. The van der Waals surface area contributed by atoms with E-state index >= 15 is 0 Å². The molecule has 0 bridgehead atoms. The fraction of sp³-hybridized carbons (Fsp3) is 0.600. The summed E-state index contributed by atoms with van der Waals surface area (Å²) < 4.78 is 2.23. The van der Waals surface area contributed by atoms with Gasteiger partial charge in [0.25, 0.3) is 0 Å². The Kier molecular flexibility index (Phi) is 7.34. The van der Waals surface area contributed by atoms with Crippen molar-refractivity contribution in [3.63, 3.8) is 0 Å². The number of hydrogen-bond donors (Lipinski definition) is 2. The molecule has 158 valence electrons. The third-order valence-electron chi connectivity index (χ3n) is 4.66. The van der Waals surface area contributed by atoms with E-state index in [-0.39, 0.29) is 11.7 Å². The van der Waals surface area contributed by atoms with Crippen molar-refractivity contribution < 1.29 is 9.59 Å². The van der Waals surface area contributed by atoms with Crippen molar-refractivity contribution in [3.8, 4) is 0 Å². The quantitative estimate of drug-likeness (QED) is 0.665. The Morgan fingerprint density at radius 1 is 1.24 bits per heavy atom. The zero-order valence-corrected chi connectivity index (χ0v) is 18.9. The zero-order chi connectivity index (χ0) is 20.9. The second-order valence-electron chi connectivity index (χ2n) is 8.36. The lowest BCUT2D eigenvalue weighted by Gasteiger charge is -2.25. The number of nitrogens with zero attached hydrogens (tertiary/aromatic N) is 3. The predicted octanol–water partition coefficient (Wildman–Crippen LogP) is 4.15.